The third-order valence-corrected chi connectivity index (χ3v) is 8.49. The highest BCUT2D eigenvalue weighted by atomic mass is 35.5. The Kier molecular flexibility index (Phi) is 11.1. The maximum absolute atomic E-state index is 14.6. The van der Waals surface area contributed by atoms with Crippen molar-refractivity contribution in [1.29, 1.82) is 0 Å². The lowest BCUT2D eigenvalue weighted by Gasteiger charge is -2.32. The molecule has 46 heavy (non-hydrogen) atoms. The molecule has 1 aliphatic heterocycles. The Morgan fingerprint density at radius 3 is 2.39 bits per heavy atom. The third-order valence-electron chi connectivity index (χ3n) is 7.55. The standard InChI is InChI=1S/C34H30Cl3N5O4/c35-26-12-15-28(30(37)18-26)31-34(19-23-6-1-2-7-24(23)21-40-42-38,33(44)39-20-25-8-3-4-9-29(25)36)41-32(46-31)22-10-13-27(14-11-22)45-17-5-16-43/h1-4,6-15,18,31,43H,5,16-17,19-21H2,(H,39,44)/t31-,34-/m1/s1. The van der Waals surface area contributed by atoms with E-state index in [-0.39, 0.29) is 32.0 Å². The van der Waals surface area contributed by atoms with Gasteiger partial charge in [-0.1, -0.05) is 88.4 Å². The first-order valence-corrected chi connectivity index (χ1v) is 15.6. The number of halogens is 3. The Bertz CT molecular complexity index is 1780. The van der Waals surface area contributed by atoms with Crippen LogP contribution in [0.4, 0.5) is 0 Å². The molecule has 1 heterocycles. The van der Waals surface area contributed by atoms with Crippen molar-refractivity contribution in [3.8, 4) is 5.75 Å². The minimum Gasteiger partial charge on any atom is -0.494 e. The minimum absolute atomic E-state index is 0.0317. The molecular formula is C34H30Cl3N5O4. The zero-order chi connectivity index (χ0) is 32.5. The molecule has 0 bridgehead atoms. The van der Waals surface area contributed by atoms with E-state index < -0.39 is 17.6 Å². The van der Waals surface area contributed by atoms with E-state index in [0.717, 1.165) is 16.7 Å². The van der Waals surface area contributed by atoms with Crippen LogP contribution < -0.4 is 10.1 Å². The van der Waals surface area contributed by atoms with Gasteiger partial charge in [-0.25, -0.2) is 4.99 Å². The van der Waals surface area contributed by atoms with Gasteiger partial charge in [-0.2, -0.15) is 0 Å². The average molecular weight is 679 g/mol. The number of nitrogens with one attached hydrogen (secondary N) is 1. The topological polar surface area (TPSA) is 129 Å². The maximum Gasteiger partial charge on any atom is 0.252 e. The molecule has 1 amide bonds. The second kappa shape index (κ2) is 15.4. The lowest BCUT2D eigenvalue weighted by Crippen LogP contribution is -2.50. The molecule has 1 aliphatic rings. The first-order valence-electron chi connectivity index (χ1n) is 14.5. The summed E-state index contributed by atoms with van der Waals surface area (Å²) in [6.45, 7) is 0.635. The highest BCUT2D eigenvalue weighted by Crippen LogP contribution is 2.45. The number of amides is 1. The van der Waals surface area contributed by atoms with E-state index >= 15 is 0 Å². The van der Waals surface area contributed by atoms with E-state index in [2.05, 4.69) is 15.3 Å². The van der Waals surface area contributed by atoms with Crippen molar-refractivity contribution in [2.24, 2.45) is 10.1 Å². The summed E-state index contributed by atoms with van der Waals surface area (Å²) in [6.07, 6.45) is -0.367. The van der Waals surface area contributed by atoms with E-state index in [1.165, 1.54) is 0 Å². The molecule has 0 fully saturated rings. The van der Waals surface area contributed by atoms with Gasteiger partial charge in [0.05, 0.1) is 13.2 Å². The molecular weight excluding hydrogens is 649 g/mol. The van der Waals surface area contributed by atoms with Crippen molar-refractivity contribution >= 4 is 46.6 Å². The van der Waals surface area contributed by atoms with Crippen LogP contribution in [0.3, 0.4) is 0 Å². The monoisotopic (exact) mass is 677 g/mol. The summed E-state index contributed by atoms with van der Waals surface area (Å²) in [5.74, 6) is 0.433. The van der Waals surface area contributed by atoms with Crippen molar-refractivity contribution in [1.82, 2.24) is 5.32 Å². The van der Waals surface area contributed by atoms with Crippen molar-refractivity contribution in [3.63, 3.8) is 0 Å². The number of carbonyl (C=O) groups excluding carboxylic acids is 1. The number of rotatable bonds is 13. The second-order valence-corrected chi connectivity index (χ2v) is 11.8. The molecule has 5 rings (SSSR count). The first kappa shape index (κ1) is 33.1. The predicted molar refractivity (Wildman–Crippen MR) is 179 cm³/mol. The normalized spacial score (nSPS) is 17.0. The lowest BCUT2D eigenvalue weighted by molar-refractivity contribution is -0.129. The highest BCUT2D eigenvalue weighted by Gasteiger charge is 2.54. The maximum atomic E-state index is 14.6. The van der Waals surface area contributed by atoms with Gasteiger partial charge in [0.1, 0.15) is 5.75 Å². The van der Waals surface area contributed by atoms with E-state index in [1.54, 1.807) is 48.5 Å². The molecule has 0 radical (unpaired) electrons. The molecule has 2 N–H and O–H groups in total. The van der Waals surface area contributed by atoms with Crippen LogP contribution in [0.1, 0.15) is 40.3 Å². The summed E-state index contributed by atoms with van der Waals surface area (Å²) >= 11 is 19.4. The van der Waals surface area contributed by atoms with Crippen LogP contribution in [0.15, 0.2) is 101 Å². The zero-order valence-electron chi connectivity index (χ0n) is 24.6. The van der Waals surface area contributed by atoms with Gasteiger partial charge in [0.25, 0.3) is 5.91 Å². The number of aliphatic hydroxyl groups is 1. The van der Waals surface area contributed by atoms with Crippen molar-refractivity contribution in [2.45, 2.75) is 37.6 Å². The van der Waals surface area contributed by atoms with E-state index in [9.17, 15) is 4.79 Å². The molecule has 0 aliphatic carbocycles. The number of hydrogen-bond donors (Lipinski definition) is 2. The molecule has 12 heteroatoms. The lowest BCUT2D eigenvalue weighted by atomic mass is 9.80. The fraction of sp³-hybridized carbons (Fsp3) is 0.235. The fourth-order valence-corrected chi connectivity index (χ4v) is 5.94. The van der Waals surface area contributed by atoms with Crippen LogP contribution >= 0.6 is 34.8 Å². The minimum atomic E-state index is -1.56. The van der Waals surface area contributed by atoms with Crippen molar-refractivity contribution < 1.29 is 19.4 Å². The number of azide groups is 1. The Morgan fingerprint density at radius 2 is 1.70 bits per heavy atom. The summed E-state index contributed by atoms with van der Waals surface area (Å²) in [7, 11) is 0. The largest absolute Gasteiger partial charge is 0.494 e. The molecule has 9 nitrogen and oxygen atoms in total. The molecule has 0 spiro atoms. The predicted octanol–water partition coefficient (Wildman–Crippen LogP) is 8.03. The van der Waals surface area contributed by atoms with Crippen molar-refractivity contribution in [2.75, 3.05) is 13.2 Å². The number of ether oxygens (including phenoxy) is 2. The Morgan fingerprint density at radius 1 is 0.978 bits per heavy atom. The third kappa shape index (κ3) is 7.58. The van der Waals surface area contributed by atoms with Gasteiger partial charge in [0, 0.05) is 57.1 Å². The van der Waals surface area contributed by atoms with Gasteiger partial charge in [0.15, 0.2) is 11.6 Å². The molecule has 0 saturated carbocycles. The Hall–Kier alpha value is -4.24. The van der Waals surface area contributed by atoms with Crippen LogP contribution in [0, 0.1) is 0 Å². The zero-order valence-corrected chi connectivity index (χ0v) is 26.8. The number of aliphatic imine (C=N–C) groups is 1. The Labute approximate surface area is 281 Å². The number of carbonyl (C=O) groups is 1. The quantitative estimate of drug-likeness (QED) is 0.0642. The average Bonchev–Trinajstić information content (AvgIpc) is 3.44. The number of hydrogen-bond acceptors (Lipinski definition) is 6. The summed E-state index contributed by atoms with van der Waals surface area (Å²) in [6, 6.07) is 26.8. The molecule has 0 saturated heterocycles. The van der Waals surface area contributed by atoms with Crippen molar-refractivity contribution in [3.05, 3.63) is 144 Å². The number of benzene rings is 4. The van der Waals surface area contributed by atoms with Gasteiger partial charge >= 0.3 is 0 Å². The first-order chi connectivity index (χ1) is 22.3. The summed E-state index contributed by atoms with van der Waals surface area (Å²) < 4.78 is 12.3. The molecule has 236 valence electrons. The van der Waals surface area contributed by atoms with Gasteiger partial charge < -0.3 is 19.9 Å². The van der Waals surface area contributed by atoms with Crippen LogP contribution in [-0.4, -0.2) is 35.7 Å². The molecule has 0 unspecified atom stereocenters. The smallest absolute Gasteiger partial charge is 0.252 e. The van der Waals surface area contributed by atoms with Crippen LogP contribution in [0.25, 0.3) is 10.4 Å². The number of nitrogens with zero attached hydrogens (tertiary/aromatic N) is 4. The molecule has 4 aromatic rings. The van der Waals surface area contributed by atoms with Gasteiger partial charge in [0.2, 0.25) is 5.90 Å². The summed E-state index contributed by atoms with van der Waals surface area (Å²) in [5.41, 5.74) is 10.8. The van der Waals surface area contributed by atoms with Crippen LogP contribution in [0.2, 0.25) is 15.1 Å². The molecule has 4 aromatic carbocycles. The summed E-state index contributed by atoms with van der Waals surface area (Å²) in [4.78, 5) is 22.6. The van der Waals surface area contributed by atoms with E-state index in [4.69, 9.17) is 59.9 Å². The molecule has 2 atom stereocenters. The van der Waals surface area contributed by atoms with Crippen LogP contribution in [-0.2, 0) is 29.0 Å². The van der Waals surface area contributed by atoms with Crippen LogP contribution in [0.5, 0.6) is 5.75 Å². The van der Waals surface area contributed by atoms with E-state index in [1.807, 2.05) is 42.5 Å². The van der Waals surface area contributed by atoms with Gasteiger partial charge in [-0.15, -0.1) is 0 Å². The fourth-order valence-electron chi connectivity index (χ4n) is 5.23. The number of aliphatic hydroxyl groups excluding tert-OH is 1. The SMILES string of the molecule is [N-]=[N+]=NCc1ccccc1C[C@@]1(C(=O)NCc2ccccc2Cl)N=C(c2ccc(OCCCO)cc2)O[C@@H]1c1ccc(Cl)cc1Cl. The van der Waals surface area contributed by atoms with E-state index in [0.29, 0.717) is 45.0 Å². The Balaban J connectivity index is 1.62. The second-order valence-electron chi connectivity index (χ2n) is 10.6. The summed E-state index contributed by atoms with van der Waals surface area (Å²) in [5, 5.41) is 17.1. The van der Waals surface area contributed by atoms with Gasteiger partial charge in [-0.3, -0.25) is 4.79 Å². The van der Waals surface area contributed by atoms with Gasteiger partial charge in [-0.05, 0) is 64.7 Å². The molecule has 0 aromatic heterocycles. The highest BCUT2D eigenvalue weighted by molar-refractivity contribution is 6.35.